The fourth-order valence-electron chi connectivity index (χ4n) is 4.18. The number of rotatable bonds is 7. The summed E-state index contributed by atoms with van der Waals surface area (Å²) in [7, 11) is 0. The maximum atomic E-state index is 13.1. The van der Waals surface area contributed by atoms with Crippen molar-refractivity contribution in [2.75, 3.05) is 17.2 Å². The van der Waals surface area contributed by atoms with Crippen LogP contribution in [0.25, 0.3) is 0 Å². The number of aryl methyl sites for hydroxylation is 2. The first-order valence-corrected chi connectivity index (χ1v) is 11.3. The van der Waals surface area contributed by atoms with Gasteiger partial charge in [-0.25, -0.2) is 9.97 Å². The van der Waals surface area contributed by atoms with Gasteiger partial charge in [0.25, 0.3) is 0 Å². The van der Waals surface area contributed by atoms with Gasteiger partial charge in [0.2, 0.25) is 11.8 Å². The molecule has 0 radical (unpaired) electrons. The van der Waals surface area contributed by atoms with Gasteiger partial charge in [-0.2, -0.15) is 0 Å². The van der Waals surface area contributed by atoms with Gasteiger partial charge in [-0.1, -0.05) is 43.3 Å². The Morgan fingerprint density at radius 3 is 2.67 bits per heavy atom. The van der Waals surface area contributed by atoms with Crippen LogP contribution in [0.15, 0.2) is 60.9 Å². The van der Waals surface area contributed by atoms with Crippen LogP contribution in [0.1, 0.15) is 43.1 Å². The lowest BCUT2D eigenvalue weighted by Gasteiger charge is -2.25. The van der Waals surface area contributed by atoms with E-state index in [9.17, 15) is 9.59 Å². The minimum atomic E-state index is -0.380. The summed E-state index contributed by atoms with van der Waals surface area (Å²) in [6.07, 6.45) is 2.52. The quantitative estimate of drug-likeness (QED) is 0.556. The number of anilines is 3. The zero-order valence-electron chi connectivity index (χ0n) is 19.2. The lowest BCUT2D eigenvalue weighted by Crippen LogP contribution is -2.30. The van der Waals surface area contributed by atoms with Crippen molar-refractivity contribution in [1.82, 2.24) is 14.9 Å². The molecular weight excluding hydrogens is 414 g/mol. The maximum Gasteiger partial charge on any atom is 0.229 e. The van der Waals surface area contributed by atoms with E-state index in [-0.39, 0.29) is 30.2 Å². The van der Waals surface area contributed by atoms with E-state index in [0.717, 1.165) is 34.6 Å². The Morgan fingerprint density at radius 1 is 1.15 bits per heavy atom. The van der Waals surface area contributed by atoms with Crippen LogP contribution in [0.3, 0.4) is 0 Å². The molecular formula is C26H29N5O2. The van der Waals surface area contributed by atoms with Gasteiger partial charge in [-0.3, -0.25) is 9.59 Å². The first kappa shape index (κ1) is 22.5. The summed E-state index contributed by atoms with van der Waals surface area (Å²) >= 11 is 0. The second kappa shape index (κ2) is 9.81. The van der Waals surface area contributed by atoms with E-state index in [1.165, 1.54) is 6.33 Å². The van der Waals surface area contributed by atoms with Gasteiger partial charge in [0.05, 0.1) is 12.0 Å². The average molecular weight is 444 g/mol. The van der Waals surface area contributed by atoms with Crippen LogP contribution in [-0.4, -0.2) is 33.2 Å². The molecule has 2 amide bonds. The molecule has 7 heteroatoms. The van der Waals surface area contributed by atoms with Crippen LogP contribution < -0.4 is 10.6 Å². The number of carbonyl (C=O) groups excluding carboxylic acids is 2. The Balaban J connectivity index is 1.47. The summed E-state index contributed by atoms with van der Waals surface area (Å²) in [5.41, 5.74) is 4.54. The summed E-state index contributed by atoms with van der Waals surface area (Å²) in [5.74, 6) is 0.193. The van der Waals surface area contributed by atoms with Crippen molar-refractivity contribution in [3.8, 4) is 0 Å². The van der Waals surface area contributed by atoms with Crippen molar-refractivity contribution < 1.29 is 9.59 Å². The molecule has 2 atom stereocenters. The van der Waals surface area contributed by atoms with Crippen molar-refractivity contribution in [2.24, 2.45) is 5.92 Å². The van der Waals surface area contributed by atoms with Crippen LogP contribution in [0, 0.1) is 12.8 Å². The average Bonchev–Trinajstić information content (AvgIpc) is 3.21. The summed E-state index contributed by atoms with van der Waals surface area (Å²) in [6.45, 7) is 6.38. The Labute approximate surface area is 194 Å². The first-order chi connectivity index (χ1) is 15.9. The van der Waals surface area contributed by atoms with E-state index in [2.05, 4.69) is 20.6 Å². The SMILES string of the molecule is CCc1ccc(Nc2cc(C)ncn2)cc1NC(=O)C1CC(=O)N(C(C)c2ccccc2)C1. The van der Waals surface area contributed by atoms with E-state index >= 15 is 0 Å². The molecule has 2 N–H and O–H groups in total. The zero-order valence-corrected chi connectivity index (χ0v) is 19.2. The number of aromatic nitrogens is 2. The van der Waals surface area contributed by atoms with E-state index in [1.54, 1.807) is 4.90 Å². The monoisotopic (exact) mass is 443 g/mol. The fourth-order valence-corrected chi connectivity index (χ4v) is 4.18. The minimum Gasteiger partial charge on any atom is -0.340 e. The third kappa shape index (κ3) is 5.19. The number of likely N-dealkylation sites (tertiary alicyclic amines) is 1. The summed E-state index contributed by atoms with van der Waals surface area (Å²) in [6, 6.07) is 17.6. The molecule has 0 aliphatic carbocycles. The van der Waals surface area contributed by atoms with Gasteiger partial charge < -0.3 is 15.5 Å². The number of hydrogen-bond donors (Lipinski definition) is 2. The smallest absolute Gasteiger partial charge is 0.229 e. The molecule has 1 fully saturated rings. The Bertz CT molecular complexity index is 1150. The largest absolute Gasteiger partial charge is 0.340 e. The molecule has 4 rings (SSSR count). The van der Waals surface area contributed by atoms with Gasteiger partial charge in [-0.05, 0) is 43.5 Å². The first-order valence-electron chi connectivity index (χ1n) is 11.3. The van der Waals surface area contributed by atoms with E-state index in [4.69, 9.17) is 0 Å². The third-order valence-electron chi connectivity index (χ3n) is 6.10. The highest BCUT2D eigenvalue weighted by molar-refractivity contribution is 5.98. The lowest BCUT2D eigenvalue weighted by molar-refractivity contribution is -0.129. The molecule has 1 aromatic heterocycles. The van der Waals surface area contributed by atoms with Crippen LogP contribution >= 0.6 is 0 Å². The lowest BCUT2D eigenvalue weighted by atomic mass is 10.1. The van der Waals surface area contributed by atoms with Crippen molar-refractivity contribution in [2.45, 2.75) is 39.7 Å². The van der Waals surface area contributed by atoms with Crippen molar-refractivity contribution in [1.29, 1.82) is 0 Å². The van der Waals surface area contributed by atoms with Crippen molar-refractivity contribution in [3.05, 3.63) is 77.7 Å². The molecule has 0 spiro atoms. The van der Waals surface area contributed by atoms with E-state index in [0.29, 0.717) is 12.4 Å². The van der Waals surface area contributed by atoms with Crippen molar-refractivity contribution >= 4 is 29.0 Å². The second-order valence-corrected chi connectivity index (χ2v) is 8.42. The Kier molecular flexibility index (Phi) is 6.68. The number of nitrogens with zero attached hydrogens (tertiary/aromatic N) is 3. The summed E-state index contributed by atoms with van der Waals surface area (Å²) in [5, 5.41) is 6.33. The molecule has 1 aliphatic rings. The third-order valence-corrected chi connectivity index (χ3v) is 6.10. The molecule has 0 saturated carbocycles. The standard InChI is InChI=1S/C26H29N5O2/c1-4-19-10-11-22(29-24-12-17(2)27-16-28-24)14-23(19)30-26(33)21-13-25(32)31(15-21)18(3)20-8-6-5-7-9-20/h5-12,14,16,18,21H,4,13,15H2,1-3H3,(H,30,33)(H,27,28,29). The van der Waals surface area contributed by atoms with E-state index < -0.39 is 0 Å². The van der Waals surface area contributed by atoms with Gasteiger partial charge in [0.1, 0.15) is 12.1 Å². The molecule has 3 aromatic rings. The maximum absolute atomic E-state index is 13.1. The van der Waals surface area contributed by atoms with Gasteiger partial charge >= 0.3 is 0 Å². The zero-order chi connectivity index (χ0) is 23.4. The number of benzene rings is 2. The summed E-state index contributed by atoms with van der Waals surface area (Å²) < 4.78 is 0. The number of hydrogen-bond acceptors (Lipinski definition) is 5. The normalized spacial score (nSPS) is 16.5. The van der Waals surface area contributed by atoms with Gasteiger partial charge in [-0.15, -0.1) is 0 Å². The molecule has 170 valence electrons. The van der Waals surface area contributed by atoms with Gasteiger partial charge in [0, 0.05) is 36.1 Å². The van der Waals surface area contributed by atoms with Crippen LogP contribution in [0.4, 0.5) is 17.2 Å². The highest BCUT2D eigenvalue weighted by Crippen LogP contribution is 2.30. The predicted octanol–water partition coefficient (Wildman–Crippen LogP) is 4.64. The molecule has 33 heavy (non-hydrogen) atoms. The van der Waals surface area contributed by atoms with Gasteiger partial charge in [0.15, 0.2) is 0 Å². The topological polar surface area (TPSA) is 87.2 Å². The van der Waals surface area contributed by atoms with Crippen molar-refractivity contribution in [3.63, 3.8) is 0 Å². The molecule has 2 heterocycles. The van der Waals surface area contributed by atoms with Crippen LogP contribution in [0.2, 0.25) is 0 Å². The number of amides is 2. The van der Waals surface area contributed by atoms with E-state index in [1.807, 2.05) is 75.4 Å². The summed E-state index contributed by atoms with van der Waals surface area (Å²) in [4.78, 5) is 36.0. The Hall–Kier alpha value is -3.74. The Morgan fingerprint density at radius 2 is 1.94 bits per heavy atom. The molecule has 1 saturated heterocycles. The molecule has 1 aliphatic heterocycles. The van der Waals surface area contributed by atoms with Crippen LogP contribution in [0.5, 0.6) is 0 Å². The predicted molar refractivity (Wildman–Crippen MR) is 129 cm³/mol. The molecule has 2 unspecified atom stereocenters. The number of carbonyl (C=O) groups is 2. The highest BCUT2D eigenvalue weighted by Gasteiger charge is 2.37. The second-order valence-electron chi connectivity index (χ2n) is 8.42. The molecule has 7 nitrogen and oxygen atoms in total. The highest BCUT2D eigenvalue weighted by atomic mass is 16.2. The minimum absolute atomic E-state index is 0.0109. The fraction of sp³-hybridized carbons (Fsp3) is 0.308. The molecule has 0 bridgehead atoms. The number of nitrogens with one attached hydrogen (secondary N) is 2. The molecule has 2 aromatic carbocycles. The van der Waals surface area contributed by atoms with Crippen LogP contribution in [-0.2, 0) is 16.0 Å².